The van der Waals surface area contributed by atoms with Crippen LogP contribution < -0.4 is 14.5 Å². The maximum atomic E-state index is 7.24. The van der Waals surface area contributed by atoms with Gasteiger partial charge in [0, 0.05) is 52.1 Å². The Morgan fingerprint density at radius 1 is 0.500 bits per heavy atom. The zero-order valence-electron chi connectivity index (χ0n) is 39.5. The Morgan fingerprint density at radius 2 is 1.12 bits per heavy atom. The summed E-state index contributed by atoms with van der Waals surface area (Å²) in [6.07, 6.45) is 4.25. The summed E-state index contributed by atoms with van der Waals surface area (Å²) in [6.45, 7) is 25.8. The molecule has 0 saturated carbocycles. The molecule has 0 spiro atoms. The summed E-state index contributed by atoms with van der Waals surface area (Å²) in [6, 6.07) is 54.9. The molecular formula is C59H62N4O. The molecule has 1 aliphatic heterocycles. The first-order valence-electron chi connectivity index (χ1n) is 22.7. The Kier molecular flexibility index (Phi) is 10.6. The third-order valence-electron chi connectivity index (χ3n) is 13.0. The van der Waals surface area contributed by atoms with Crippen LogP contribution in [0.3, 0.4) is 0 Å². The Bertz CT molecular complexity index is 3030. The zero-order valence-corrected chi connectivity index (χ0v) is 39.5. The van der Waals surface area contributed by atoms with E-state index in [2.05, 4.69) is 248 Å². The predicted molar refractivity (Wildman–Crippen MR) is 270 cm³/mol. The van der Waals surface area contributed by atoms with E-state index < -0.39 is 0 Å². The largest absolute Gasteiger partial charge is 0.457 e. The van der Waals surface area contributed by atoms with E-state index in [0.29, 0.717) is 6.67 Å². The fraction of sp³-hybridized carbons (Fsp3) is 0.271. The van der Waals surface area contributed by atoms with Crippen LogP contribution in [0.5, 0.6) is 11.5 Å². The van der Waals surface area contributed by atoms with Gasteiger partial charge in [-0.1, -0.05) is 167 Å². The molecule has 0 bridgehead atoms. The molecule has 0 unspecified atom stereocenters. The molecule has 0 fully saturated rings. The Hall–Kier alpha value is -6.59. The lowest BCUT2D eigenvalue weighted by molar-refractivity contribution is 0.477. The molecule has 0 N–H and O–H groups in total. The third-order valence-corrected chi connectivity index (χ3v) is 13.0. The van der Waals surface area contributed by atoms with E-state index in [1.165, 1.54) is 49.8 Å². The van der Waals surface area contributed by atoms with Crippen LogP contribution >= 0.6 is 0 Å². The van der Waals surface area contributed by atoms with Crippen LogP contribution in [0.4, 0.5) is 11.4 Å². The highest BCUT2D eigenvalue weighted by Gasteiger charge is 2.30. The number of para-hydroxylation sites is 1. The molecule has 1 aliphatic rings. The highest BCUT2D eigenvalue weighted by atomic mass is 16.5. The second kappa shape index (κ2) is 15.9. The molecule has 8 aromatic rings. The molecule has 2 aromatic heterocycles. The summed E-state index contributed by atoms with van der Waals surface area (Å²) in [5.74, 6) is 2.47. The normalized spacial score (nSPS) is 13.8. The van der Waals surface area contributed by atoms with E-state index in [0.717, 1.165) is 39.7 Å². The number of hydrogen-bond donors (Lipinski definition) is 0. The van der Waals surface area contributed by atoms with Crippen molar-refractivity contribution < 1.29 is 4.74 Å². The van der Waals surface area contributed by atoms with Gasteiger partial charge in [0.2, 0.25) is 0 Å². The maximum absolute atomic E-state index is 7.24. The lowest BCUT2D eigenvalue weighted by Gasteiger charge is -2.30. The zero-order chi connectivity index (χ0) is 45.2. The van der Waals surface area contributed by atoms with Crippen molar-refractivity contribution in [3.63, 3.8) is 0 Å². The second-order valence-electron chi connectivity index (χ2n) is 21.1. The molecule has 0 saturated heterocycles. The van der Waals surface area contributed by atoms with E-state index in [4.69, 9.17) is 9.72 Å². The number of rotatable bonds is 8. The van der Waals surface area contributed by atoms with Crippen LogP contribution in [-0.2, 0) is 21.7 Å². The summed E-state index contributed by atoms with van der Waals surface area (Å²) < 4.78 is 9.57. The predicted octanol–water partition coefficient (Wildman–Crippen LogP) is 15.5. The van der Waals surface area contributed by atoms with Gasteiger partial charge in [-0.25, -0.2) is 4.98 Å². The first kappa shape index (κ1) is 42.7. The van der Waals surface area contributed by atoms with Crippen molar-refractivity contribution in [1.82, 2.24) is 9.55 Å². The smallest absolute Gasteiger partial charge is 0.137 e. The fourth-order valence-electron chi connectivity index (χ4n) is 9.14. The number of fused-ring (bicyclic) bond motifs is 3. The van der Waals surface area contributed by atoms with E-state index in [1.807, 2.05) is 6.20 Å². The van der Waals surface area contributed by atoms with E-state index in [9.17, 15) is 0 Å². The van der Waals surface area contributed by atoms with Crippen molar-refractivity contribution >= 4 is 38.9 Å². The van der Waals surface area contributed by atoms with Crippen LogP contribution in [0.15, 0.2) is 164 Å². The van der Waals surface area contributed by atoms with Crippen LogP contribution in [0.2, 0.25) is 0 Å². The topological polar surface area (TPSA) is 33.5 Å². The van der Waals surface area contributed by atoms with Crippen molar-refractivity contribution in [2.45, 2.75) is 97.8 Å². The van der Waals surface area contributed by atoms with Gasteiger partial charge in [-0.05, 0) is 98.2 Å². The third kappa shape index (κ3) is 8.09. The summed E-state index contributed by atoms with van der Waals surface area (Å²) >= 11 is 0. The molecule has 6 aromatic carbocycles. The molecule has 9 rings (SSSR count). The van der Waals surface area contributed by atoms with Gasteiger partial charge in [-0.15, -0.1) is 0 Å². The van der Waals surface area contributed by atoms with E-state index in [-0.39, 0.29) is 21.7 Å². The summed E-state index contributed by atoms with van der Waals surface area (Å²) in [5, 5.41) is 2.43. The minimum atomic E-state index is -0.321. The molecule has 3 heterocycles. The summed E-state index contributed by atoms with van der Waals surface area (Å²) in [5.41, 5.74) is 12.4. The van der Waals surface area contributed by atoms with Gasteiger partial charge >= 0.3 is 0 Å². The average molecular weight is 843 g/mol. The fourth-order valence-corrected chi connectivity index (χ4v) is 9.14. The lowest BCUT2D eigenvalue weighted by Crippen LogP contribution is -2.27. The quantitative estimate of drug-likeness (QED) is 0.153. The summed E-state index contributed by atoms with van der Waals surface area (Å²) in [4.78, 5) is 9.81. The van der Waals surface area contributed by atoms with Crippen molar-refractivity contribution in [3.05, 3.63) is 197 Å². The highest BCUT2D eigenvalue weighted by molar-refractivity contribution is 6.11. The Morgan fingerprint density at radius 3 is 1.83 bits per heavy atom. The van der Waals surface area contributed by atoms with Gasteiger partial charge in [0.1, 0.15) is 17.3 Å². The number of aromatic nitrogens is 2. The minimum Gasteiger partial charge on any atom is -0.457 e. The second-order valence-corrected chi connectivity index (χ2v) is 21.1. The van der Waals surface area contributed by atoms with Crippen LogP contribution in [-0.4, -0.2) is 16.2 Å². The van der Waals surface area contributed by atoms with Crippen molar-refractivity contribution in [2.75, 3.05) is 16.5 Å². The highest BCUT2D eigenvalue weighted by Crippen LogP contribution is 2.45. The van der Waals surface area contributed by atoms with E-state index >= 15 is 0 Å². The number of ether oxygens (including phenoxy) is 1. The van der Waals surface area contributed by atoms with Gasteiger partial charge in [0.25, 0.3) is 0 Å². The molecule has 64 heavy (non-hydrogen) atoms. The molecule has 324 valence electrons. The van der Waals surface area contributed by atoms with Gasteiger partial charge in [0.05, 0.1) is 23.4 Å². The van der Waals surface area contributed by atoms with Gasteiger partial charge in [-0.3, -0.25) is 4.57 Å². The van der Waals surface area contributed by atoms with E-state index in [1.54, 1.807) is 0 Å². The average Bonchev–Trinajstić information content (AvgIpc) is 3.86. The molecule has 0 aliphatic carbocycles. The first-order valence-corrected chi connectivity index (χ1v) is 22.7. The summed E-state index contributed by atoms with van der Waals surface area (Å²) in [7, 11) is 0. The molecule has 5 heteroatoms. The van der Waals surface area contributed by atoms with Crippen molar-refractivity contribution in [2.24, 2.45) is 0 Å². The van der Waals surface area contributed by atoms with Gasteiger partial charge in [-0.2, -0.15) is 0 Å². The molecule has 5 nitrogen and oxygen atoms in total. The van der Waals surface area contributed by atoms with Gasteiger partial charge < -0.3 is 14.5 Å². The monoisotopic (exact) mass is 842 g/mol. The molecule has 0 amide bonds. The lowest BCUT2D eigenvalue weighted by atomic mass is 9.78. The maximum Gasteiger partial charge on any atom is 0.137 e. The van der Waals surface area contributed by atoms with Crippen molar-refractivity contribution in [3.8, 4) is 17.3 Å². The Balaban J connectivity index is 1.22. The first-order chi connectivity index (χ1) is 30.4. The standard InChI is InChI=1S/C59H62N4O/c1-56(2,3)42-25-20-26-45(31-42)62-39-61(38-53(62)40-21-14-12-15-22-40)46-32-44(59(10,11)41-23-16-13-17-24-41)33-47(35-46)64-48-36-50(58(7,8)9)55-49-27-18-19-28-51(49)63(52(55)37-48)54-34-43(29-30-60-54)57(4,5)6/h12-38H,39H2,1-11H3. The molecular weight excluding hydrogens is 781 g/mol. The molecule has 0 radical (unpaired) electrons. The molecule has 0 atom stereocenters. The number of nitrogens with zero attached hydrogens (tertiary/aromatic N) is 4. The SMILES string of the molecule is CC(C)(C)c1cccc(N2CN(c3cc(Oc4cc(C(C)(C)C)c5c6ccccc6n(-c6cc(C(C)(C)C)ccn6)c5c4)cc(C(C)(C)c4ccccc4)c3)C=C2c2ccccc2)c1. The minimum absolute atomic E-state index is 0.0207. The number of anilines is 2. The van der Waals surface area contributed by atoms with Crippen LogP contribution in [0.1, 0.15) is 110 Å². The van der Waals surface area contributed by atoms with Crippen LogP contribution in [0.25, 0.3) is 33.3 Å². The number of benzene rings is 6. The Labute approximate surface area is 380 Å². The number of hydrogen-bond acceptors (Lipinski definition) is 4. The van der Waals surface area contributed by atoms with Crippen LogP contribution in [0, 0.1) is 0 Å². The van der Waals surface area contributed by atoms with Crippen molar-refractivity contribution in [1.29, 1.82) is 0 Å². The number of pyridine rings is 1. The van der Waals surface area contributed by atoms with Gasteiger partial charge in [0.15, 0.2) is 0 Å².